The Balaban J connectivity index is 1.59. The Bertz CT molecular complexity index is 1290. The van der Waals surface area contributed by atoms with E-state index in [9.17, 15) is 18.8 Å². The van der Waals surface area contributed by atoms with Crippen LogP contribution in [0.25, 0.3) is 21.9 Å². The van der Waals surface area contributed by atoms with Crippen LogP contribution >= 0.6 is 11.6 Å². The minimum Gasteiger partial charge on any atom is -0.481 e. The Hall–Kier alpha value is -3.43. The van der Waals surface area contributed by atoms with E-state index in [0.29, 0.717) is 34.2 Å². The van der Waals surface area contributed by atoms with Gasteiger partial charge in [0.1, 0.15) is 11.6 Å². The predicted molar refractivity (Wildman–Crippen MR) is 121 cm³/mol. The lowest BCUT2D eigenvalue weighted by Gasteiger charge is -2.33. The lowest BCUT2D eigenvalue weighted by atomic mass is 10.0. The number of aromatic nitrogens is 1. The molecular formula is C23H21ClFN3O5. The smallest absolute Gasteiger partial charge is 0.263 e. The largest absolute Gasteiger partial charge is 0.481 e. The molecule has 1 saturated heterocycles. The number of morpholine rings is 1. The minimum absolute atomic E-state index is 0.0566. The Morgan fingerprint density at radius 2 is 2.03 bits per heavy atom. The lowest BCUT2D eigenvalue weighted by molar-refractivity contribution is -0.150. The third kappa shape index (κ3) is 4.69. The van der Waals surface area contributed by atoms with Crippen LogP contribution in [0, 0.1) is 5.82 Å². The molecule has 0 unspecified atom stereocenters. The molecule has 172 valence electrons. The van der Waals surface area contributed by atoms with E-state index < -0.39 is 23.9 Å². The number of nitrogens with zero attached hydrogens (tertiary/aromatic N) is 1. The number of ether oxygens (including phenoxy) is 2. The number of nitrogens with one attached hydrogen (secondary N) is 1. The first-order valence-corrected chi connectivity index (χ1v) is 10.6. The van der Waals surface area contributed by atoms with Crippen LogP contribution in [0.3, 0.4) is 0 Å². The van der Waals surface area contributed by atoms with Gasteiger partial charge in [-0.15, -0.1) is 0 Å². The van der Waals surface area contributed by atoms with Crippen LogP contribution in [0.15, 0.2) is 47.4 Å². The Morgan fingerprint density at radius 3 is 2.76 bits per heavy atom. The number of hydrogen-bond donors (Lipinski definition) is 2. The Kier molecular flexibility index (Phi) is 6.35. The monoisotopic (exact) mass is 473 g/mol. The highest BCUT2D eigenvalue weighted by atomic mass is 35.5. The SMILES string of the molecule is C[C@@H](Oc1ccc2c(-c3ccc(F)cc3Cl)c[nH]c(=O)c2c1)C(=O)N1CCO[C@H](C(N)=O)C1. The van der Waals surface area contributed by atoms with E-state index in [4.69, 9.17) is 26.8 Å². The summed E-state index contributed by atoms with van der Waals surface area (Å²) in [5.41, 5.74) is 6.11. The van der Waals surface area contributed by atoms with Gasteiger partial charge in [0, 0.05) is 23.9 Å². The van der Waals surface area contributed by atoms with Crippen molar-refractivity contribution in [3.8, 4) is 16.9 Å². The fraction of sp³-hybridized carbons (Fsp3) is 0.261. The molecule has 0 bridgehead atoms. The molecule has 10 heteroatoms. The van der Waals surface area contributed by atoms with E-state index in [2.05, 4.69) is 4.98 Å². The first-order chi connectivity index (χ1) is 15.7. The molecule has 3 aromatic rings. The van der Waals surface area contributed by atoms with Gasteiger partial charge in [-0.2, -0.15) is 0 Å². The molecule has 33 heavy (non-hydrogen) atoms. The number of H-pyrrole nitrogens is 1. The number of halogens is 2. The predicted octanol–water partition coefficient (Wildman–Crippen LogP) is 2.47. The van der Waals surface area contributed by atoms with Gasteiger partial charge in [0.05, 0.1) is 23.6 Å². The molecule has 1 aliphatic rings. The van der Waals surface area contributed by atoms with E-state index in [0.717, 1.165) is 0 Å². The second-order valence-corrected chi connectivity index (χ2v) is 8.08. The topological polar surface area (TPSA) is 115 Å². The third-order valence-corrected chi connectivity index (χ3v) is 5.76. The van der Waals surface area contributed by atoms with Crippen molar-refractivity contribution in [2.24, 2.45) is 5.73 Å². The molecule has 1 fully saturated rings. The molecule has 0 aliphatic carbocycles. The van der Waals surface area contributed by atoms with Crippen LogP contribution in [-0.2, 0) is 14.3 Å². The Morgan fingerprint density at radius 1 is 1.24 bits per heavy atom. The van der Waals surface area contributed by atoms with E-state index in [1.165, 1.54) is 35.4 Å². The molecular weight excluding hydrogens is 453 g/mol. The van der Waals surface area contributed by atoms with Gasteiger partial charge in [-0.25, -0.2) is 4.39 Å². The molecule has 2 heterocycles. The minimum atomic E-state index is -0.872. The van der Waals surface area contributed by atoms with Gasteiger partial charge in [-0.05, 0) is 48.7 Å². The van der Waals surface area contributed by atoms with Crippen LogP contribution in [0.5, 0.6) is 5.75 Å². The molecule has 3 N–H and O–H groups in total. The number of carbonyl (C=O) groups is 2. The summed E-state index contributed by atoms with van der Waals surface area (Å²) in [7, 11) is 0. The van der Waals surface area contributed by atoms with E-state index >= 15 is 0 Å². The van der Waals surface area contributed by atoms with Crippen molar-refractivity contribution in [3.63, 3.8) is 0 Å². The zero-order valence-corrected chi connectivity index (χ0v) is 18.4. The van der Waals surface area contributed by atoms with Gasteiger partial charge in [-0.3, -0.25) is 14.4 Å². The summed E-state index contributed by atoms with van der Waals surface area (Å²) in [6.07, 6.45) is -0.210. The number of benzene rings is 2. The quantitative estimate of drug-likeness (QED) is 0.590. The molecule has 4 rings (SSSR count). The van der Waals surface area contributed by atoms with Gasteiger partial charge in [0.25, 0.3) is 11.5 Å². The molecule has 0 radical (unpaired) electrons. The van der Waals surface area contributed by atoms with E-state index in [-0.39, 0.29) is 29.6 Å². The molecule has 2 amide bonds. The first kappa shape index (κ1) is 22.8. The highest BCUT2D eigenvalue weighted by Crippen LogP contribution is 2.33. The molecule has 8 nitrogen and oxygen atoms in total. The maximum absolute atomic E-state index is 13.5. The van der Waals surface area contributed by atoms with Crippen molar-refractivity contribution in [1.29, 1.82) is 0 Å². The number of primary amides is 1. The second-order valence-electron chi connectivity index (χ2n) is 7.67. The van der Waals surface area contributed by atoms with Crippen LogP contribution < -0.4 is 16.0 Å². The first-order valence-electron chi connectivity index (χ1n) is 10.2. The number of carbonyl (C=O) groups excluding carboxylic acids is 2. The van der Waals surface area contributed by atoms with Crippen LogP contribution in [-0.4, -0.2) is 53.6 Å². The zero-order valence-electron chi connectivity index (χ0n) is 17.6. The Labute approximate surface area is 193 Å². The number of rotatable bonds is 5. The number of fused-ring (bicyclic) bond motifs is 1. The lowest BCUT2D eigenvalue weighted by Crippen LogP contribution is -2.53. The summed E-state index contributed by atoms with van der Waals surface area (Å²) in [5, 5.41) is 1.13. The van der Waals surface area contributed by atoms with Crippen molar-refractivity contribution in [3.05, 3.63) is 63.8 Å². The van der Waals surface area contributed by atoms with Crippen LogP contribution in [0.1, 0.15) is 6.92 Å². The zero-order chi connectivity index (χ0) is 23.7. The van der Waals surface area contributed by atoms with E-state index in [1.807, 2.05) is 0 Å². The van der Waals surface area contributed by atoms with Crippen molar-refractivity contribution in [2.75, 3.05) is 19.7 Å². The van der Waals surface area contributed by atoms with Crippen LogP contribution in [0.2, 0.25) is 5.02 Å². The number of nitrogens with two attached hydrogens (primary N) is 1. The molecule has 0 saturated carbocycles. The van der Waals surface area contributed by atoms with Gasteiger partial charge in [0.15, 0.2) is 12.2 Å². The second kappa shape index (κ2) is 9.21. The van der Waals surface area contributed by atoms with Crippen molar-refractivity contribution in [1.82, 2.24) is 9.88 Å². The number of aromatic amines is 1. The summed E-state index contributed by atoms with van der Waals surface area (Å²) in [6.45, 7) is 2.16. The summed E-state index contributed by atoms with van der Waals surface area (Å²) in [4.78, 5) is 40.8. The average Bonchev–Trinajstić information content (AvgIpc) is 2.79. The maximum atomic E-state index is 13.5. The summed E-state index contributed by atoms with van der Waals surface area (Å²) < 4.78 is 24.5. The number of amides is 2. The third-order valence-electron chi connectivity index (χ3n) is 5.45. The van der Waals surface area contributed by atoms with Crippen molar-refractivity contribution >= 4 is 34.2 Å². The summed E-state index contributed by atoms with van der Waals surface area (Å²) >= 11 is 6.21. The van der Waals surface area contributed by atoms with Gasteiger partial charge < -0.3 is 25.1 Å². The van der Waals surface area contributed by atoms with Crippen LogP contribution in [0.4, 0.5) is 4.39 Å². The van der Waals surface area contributed by atoms with Crippen molar-refractivity contribution in [2.45, 2.75) is 19.1 Å². The standard InChI is InChI=1S/C23H21ClFN3O5/c1-12(23(31)28-6-7-32-20(11-28)21(26)29)33-14-3-5-15-17(9-14)22(30)27-10-18(15)16-4-2-13(25)8-19(16)24/h2-5,8-10,12,20H,6-7,11H2,1H3,(H2,26,29)(H,27,30)/t12-,20+/m1/s1. The molecule has 1 aliphatic heterocycles. The fourth-order valence-corrected chi connectivity index (χ4v) is 4.05. The van der Waals surface area contributed by atoms with Gasteiger partial charge in [0.2, 0.25) is 5.91 Å². The number of hydrogen-bond acceptors (Lipinski definition) is 5. The molecule has 0 spiro atoms. The summed E-state index contributed by atoms with van der Waals surface area (Å²) in [5.74, 6) is -1.11. The normalized spacial score (nSPS) is 17.1. The van der Waals surface area contributed by atoms with Gasteiger partial charge in [-0.1, -0.05) is 11.6 Å². The fourth-order valence-electron chi connectivity index (χ4n) is 3.78. The summed E-state index contributed by atoms with van der Waals surface area (Å²) in [6, 6.07) is 8.88. The maximum Gasteiger partial charge on any atom is 0.263 e. The molecule has 1 aromatic heterocycles. The highest BCUT2D eigenvalue weighted by molar-refractivity contribution is 6.33. The average molecular weight is 474 g/mol. The number of pyridine rings is 1. The van der Waals surface area contributed by atoms with E-state index in [1.54, 1.807) is 19.1 Å². The van der Waals surface area contributed by atoms with Crippen molar-refractivity contribution < 1.29 is 23.5 Å². The van der Waals surface area contributed by atoms with Gasteiger partial charge >= 0.3 is 0 Å². The highest BCUT2D eigenvalue weighted by Gasteiger charge is 2.30. The molecule has 2 atom stereocenters. The molecule has 2 aromatic carbocycles.